The number of aromatic nitrogens is 1. The molecule has 1 heterocycles. The van der Waals surface area contributed by atoms with Gasteiger partial charge >= 0.3 is 0 Å². The van der Waals surface area contributed by atoms with Crippen molar-refractivity contribution in [1.82, 2.24) is 0 Å². The van der Waals surface area contributed by atoms with Crippen molar-refractivity contribution in [3.63, 3.8) is 0 Å². The summed E-state index contributed by atoms with van der Waals surface area (Å²) >= 11 is 0. The third kappa shape index (κ3) is 2.06. The van der Waals surface area contributed by atoms with Gasteiger partial charge in [-0.15, -0.1) is 0 Å². The number of fused-ring (bicyclic) bond motifs is 8. The third-order valence-corrected chi connectivity index (χ3v) is 5.09. The maximum absolute atomic E-state index is 2.24. The zero-order chi connectivity index (χ0) is 16.8. The van der Waals surface area contributed by atoms with Crippen molar-refractivity contribution in [2.75, 3.05) is 0 Å². The molecule has 1 heteroatoms. The van der Waals surface area contributed by atoms with Gasteiger partial charge in [0, 0.05) is 6.07 Å². The summed E-state index contributed by atoms with van der Waals surface area (Å²) in [5.41, 5.74) is 10.3. The number of pyridine rings is 1. The molecule has 0 aliphatic heterocycles. The molecular weight excluding hydrogens is 302 g/mol. The maximum Gasteiger partial charge on any atom is 0.220 e. The smallest absolute Gasteiger partial charge is 0.200 e. The zero-order valence-corrected chi connectivity index (χ0v) is 14.1. The van der Waals surface area contributed by atoms with Crippen LogP contribution in [0.25, 0.3) is 44.6 Å². The summed E-state index contributed by atoms with van der Waals surface area (Å²) in [4.78, 5) is 0. The van der Waals surface area contributed by atoms with E-state index in [1.54, 1.807) is 0 Å². The minimum absolute atomic E-state index is 1.26. The van der Waals surface area contributed by atoms with E-state index < -0.39 is 0 Å². The Morgan fingerprint density at radius 3 is 1.32 bits per heavy atom. The van der Waals surface area contributed by atoms with Crippen LogP contribution in [0.3, 0.4) is 0 Å². The number of aryl methyl sites for hydroxylation is 1. The lowest BCUT2D eigenvalue weighted by Gasteiger charge is -2.20. The summed E-state index contributed by atoms with van der Waals surface area (Å²) in [5, 5.41) is 0. The summed E-state index contributed by atoms with van der Waals surface area (Å²) in [6.07, 6.45) is 2.13. The standard InChI is InChI=1S/C24H18N/c1-25-16-8-15-23-21-12-5-4-11-19(21)17-9-2-3-10-18(17)20-13-6-7-14-22(20)24(23)25/h2-16H,1H3/q+1. The van der Waals surface area contributed by atoms with Crippen molar-refractivity contribution in [3.05, 3.63) is 91.1 Å². The molecule has 0 amide bonds. The molecule has 3 aromatic carbocycles. The van der Waals surface area contributed by atoms with Gasteiger partial charge in [0.15, 0.2) is 6.20 Å². The van der Waals surface area contributed by atoms with Gasteiger partial charge < -0.3 is 0 Å². The first-order chi connectivity index (χ1) is 12.3. The van der Waals surface area contributed by atoms with Crippen LogP contribution in [-0.2, 0) is 7.05 Å². The van der Waals surface area contributed by atoms with E-state index in [1.807, 2.05) is 0 Å². The van der Waals surface area contributed by atoms with Crippen LogP contribution in [0.1, 0.15) is 0 Å². The second-order valence-electron chi connectivity index (χ2n) is 6.52. The van der Waals surface area contributed by atoms with Crippen molar-refractivity contribution in [1.29, 1.82) is 0 Å². The maximum atomic E-state index is 2.24. The highest BCUT2D eigenvalue weighted by Gasteiger charge is 2.26. The lowest BCUT2D eigenvalue weighted by atomic mass is 9.83. The van der Waals surface area contributed by atoms with Crippen LogP contribution in [-0.4, -0.2) is 0 Å². The van der Waals surface area contributed by atoms with Crippen molar-refractivity contribution in [3.8, 4) is 44.6 Å². The lowest BCUT2D eigenvalue weighted by Crippen LogP contribution is -2.31. The Morgan fingerprint density at radius 1 is 0.440 bits per heavy atom. The van der Waals surface area contributed by atoms with Gasteiger partial charge in [0.1, 0.15) is 7.05 Å². The molecule has 0 unspecified atom stereocenters. The fourth-order valence-electron chi connectivity index (χ4n) is 3.99. The Bertz CT molecular complexity index is 1100. The van der Waals surface area contributed by atoms with Gasteiger partial charge in [0.05, 0.1) is 11.1 Å². The van der Waals surface area contributed by atoms with E-state index in [0.29, 0.717) is 0 Å². The summed E-state index contributed by atoms with van der Waals surface area (Å²) in [7, 11) is 2.13. The van der Waals surface area contributed by atoms with Gasteiger partial charge in [0.2, 0.25) is 5.69 Å². The van der Waals surface area contributed by atoms with E-state index in [9.17, 15) is 0 Å². The molecule has 0 fully saturated rings. The van der Waals surface area contributed by atoms with Crippen molar-refractivity contribution in [2.24, 2.45) is 7.05 Å². The lowest BCUT2D eigenvalue weighted by molar-refractivity contribution is -0.660. The molecule has 0 atom stereocenters. The minimum atomic E-state index is 1.26. The molecule has 1 aliphatic rings. The van der Waals surface area contributed by atoms with Crippen LogP contribution < -0.4 is 4.57 Å². The Morgan fingerprint density at radius 2 is 0.800 bits per heavy atom. The first-order valence-corrected chi connectivity index (χ1v) is 8.62. The van der Waals surface area contributed by atoms with Gasteiger partial charge in [-0.1, -0.05) is 66.7 Å². The van der Waals surface area contributed by atoms with Crippen LogP contribution >= 0.6 is 0 Å². The molecule has 0 saturated carbocycles. The number of rotatable bonds is 0. The molecule has 25 heavy (non-hydrogen) atoms. The number of nitrogens with zero attached hydrogens (tertiary/aromatic N) is 1. The van der Waals surface area contributed by atoms with Crippen LogP contribution in [0.15, 0.2) is 91.1 Å². The number of hydrogen-bond donors (Lipinski definition) is 0. The third-order valence-electron chi connectivity index (χ3n) is 5.09. The van der Waals surface area contributed by atoms with Gasteiger partial charge in [-0.3, -0.25) is 0 Å². The van der Waals surface area contributed by atoms with E-state index in [-0.39, 0.29) is 0 Å². The molecular formula is C24H18N+. The summed E-state index contributed by atoms with van der Waals surface area (Å²) < 4.78 is 2.24. The molecule has 1 aromatic heterocycles. The van der Waals surface area contributed by atoms with E-state index in [4.69, 9.17) is 0 Å². The van der Waals surface area contributed by atoms with Gasteiger partial charge in [-0.05, 0) is 39.9 Å². The van der Waals surface area contributed by atoms with Crippen LogP contribution in [0.2, 0.25) is 0 Å². The van der Waals surface area contributed by atoms with E-state index >= 15 is 0 Å². The van der Waals surface area contributed by atoms with Crippen LogP contribution in [0.4, 0.5) is 0 Å². The fourth-order valence-corrected chi connectivity index (χ4v) is 3.99. The summed E-state index contributed by atoms with van der Waals surface area (Å²) in [6.45, 7) is 0. The topological polar surface area (TPSA) is 3.88 Å². The first-order valence-electron chi connectivity index (χ1n) is 8.62. The molecule has 1 aliphatic carbocycles. The zero-order valence-electron chi connectivity index (χ0n) is 14.1. The molecule has 0 saturated heterocycles. The molecule has 0 N–H and O–H groups in total. The Kier molecular flexibility index (Phi) is 3.07. The van der Waals surface area contributed by atoms with Gasteiger partial charge in [-0.25, -0.2) is 4.57 Å². The Hall–Kier alpha value is -3.19. The SMILES string of the molecule is C[n+]1cccc2c1-c1ccccc1-c1ccccc1-c1ccccc1-2. The minimum Gasteiger partial charge on any atom is -0.200 e. The second-order valence-corrected chi connectivity index (χ2v) is 6.52. The predicted octanol–water partition coefficient (Wildman–Crippen LogP) is 5.49. The monoisotopic (exact) mass is 320 g/mol. The molecule has 0 spiro atoms. The van der Waals surface area contributed by atoms with Crippen LogP contribution in [0, 0.1) is 0 Å². The second kappa shape index (κ2) is 5.42. The van der Waals surface area contributed by atoms with Crippen molar-refractivity contribution < 1.29 is 4.57 Å². The van der Waals surface area contributed by atoms with E-state index in [1.165, 1.54) is 44.6 Å². The highest BCUT2D eigenvalue weighted by Crippen LogP contribution is 2.45. The molecule has 1 nitrogen and oxygen atoms in total. The number of hydrogen-bond acceptors (Lipinski definition) is 0. The average Bonchev–Trinajstić information content (AvgIpc) is 2.67. The molecule has 118 valence electrons. The fraction of sp³-hybridized carbons (Fsp3) is 0.0417. The summed E-state index contributed by atoms with van der Waals surface area (Å²) in [6, 6.07) is 30.6. The first kappa shape index (κ1) is 14.2. The predicted molar refractivity (Wildman–Crippen MR) is 103 cm³/mol. The average molecular weight is 320 g/mol. The normalized spacial score (nSPS) is 11.4. The molecule has 4 aromatic rings. The highest BCUT2D eigenvalue weighted by molar-refractivity contribution is 6.01. The highest BCUT2D eigenvalue weighted by atomic mass is 14.9. The van der Waals surface area contributed by atoms with Crippen molar-refractivity contribution in [2.45, 2.75) is 0 Å². The largest absolute Gasteiger partial charge is 0.220 e. The Balaban J connectivity index is 2.03. The van der Waals surface area contributed by atoms with Crippen molar-refractivity contribution >= 4 is 0 Å². The van der Waals surface area contributed by atoms with Crippen LogP contribution in [0.5, 0.6) is 0 Å². The van der Waals surface area contributed by atoms with E-state index in [2.05, 4.69) is 103 Å². The molecule has 5 rings (SSSR count). The van der Waals surface area contributed by atoms with E-state index in [0.717, 1.165) is 0 Å². The van der Waals surface area contributed by atoms with Gasteiger partial charge in [-0.2, -0.15) is 0 Å². The number of benzene rings is 3. The molecule has 0 radical (unpaired) electrons. The molecule has 0 bridgehead atoms. The Labute approximate surface area is 147 Å². The van der Waals surface area contributed by atoms with Gasteiger partial charge in [0.25, 0.3) is 0 Å². The quantitative estimate of drug-likeness (QED) is 0.332. The summed E-state index contributed by atoms with van der Waals surface area (Å²) in [5.74, 6) is 0.